The fourth-order valence-corrected chi connectivity index (χ4v) is 5.24. The van der Waals surface area contributed by atoms with Gasteiger partial charge in [0.2, 0.25) is 5.91 Å². The SMILES string of the molecule is CCOc1cc(O)cc(C)c1[C@@H]1CN[C@H](C(=O)N2CCC[C@H]2C#N)C1.Cc1ccc(S(=O)(=O)O)cc1. The van der Waals surface area contributed by atoms with Crippen molar-refractivity contribution in [3.63, 3.8) is 0 Å². The molecule has 1 amide bonds. The molecule has 0 aliphatic carbocycles. The van der Waals surface area contributed by atoms with Gasteiger partial charge in [0.15, 0.2) is 0 Å². The molecule has 2 fully saturated rings. The lowest BCUT2D eigenvalue weighted by Crippen LogP contribution is -2.45. The number of hydrogen-bond donors (Lipinski definition) is 3. The van der Waals surface area contributed by atoms with Crippen molar-refractivity contribution in [1.29, 1.82) is 5.26 Å². The van der Waals surface area contributed by atoms with E-state index in [4.69, 9.17) is 9.29 Å². The molecule has 3 N–H and O–H groups in total. The highest BCUT2D eigenvalue weighted by Crippen LogP contribution is 2.38. The largest absolute Gasteiger partial charge is 0.508 e. The van der Waals surface area contributed by atoms with Gasteiger partial charge >= 0.3 is 0 Å². The number of aryl methyl sites for hydroxylation is 2. The number of carbonyl (C=O) groups is 1. The van der Waals surface area contributed by atoms with Crippen molar-refractivity contribution in [2.75, 3.05) is 19.7 Å². The monoisotopic (exact) mass is 515 g/mol. The number of phenols is 1. The van der Waals surface area contributed by atoms with Crippen LogP contribution in [-0.4, -0.2) is 60.7 Å². The fourth-order valence-electron chi connectivity index (χ4n) is 4.76. The topological polar surface area (TPSA) is 140 Å². The lowest BCUT2D eigenvalue weighted by Gasteiger charge is -2.23. The van der Waals surface area contributed by atoms with E-state index in [1.807, 2.05) is 20.8 Å². The lowest BCUT2D eigenvalue weighted by molar-refractivity contribution is -0.133. The van der Waals surface area contributed by atoms with Crippen molar-refractivity contribution >= 4 is 16.0 Å². The van der Waals surface area contributed by atoms with E-state index in [2.05, 4.69) is 11.4 Å². The number of hydrogen-bond acceptors (Lipinski definition) is 7. The summed E-state index contributed by atoms with van der Waals surface area (Å²) >= 11 is 0. The molecule has 9 nitrogen and oxygen atoms in total. The molecule has 2 heterocycles. The molecule has 0 radical (unpaired) electrons. The minimum Gasteiger partial charge on any atom is -0.508 e. The Labute approximate surface area is 212 Å². The van der Waals surface area contributed by atoms with Gasteiger partial charge in [-0.2, -0.15) is 13.7 Å². The third-order valence-electron chi connectivity index (χ3n) is 6.47. The number of ether oxygens (including phenoxy) is 1. The van der Waals surface area contributed by atoms with Gasteiger partial charge < -0.3 is 20.1 Å². The van der Waals surface area contributed by atoms with Gasteiger partial charge in [0.1, 0.15) is 17.5 Å². The summed E-state index contributed by atoms with van der Waals surface area (Å²) < 4.78 is 35.3. The molecule has 194 valence electrons. The smallest absolute Gasteiger partial charge is 0.294 e. The second kappa shape index (κ2) is 11.7. The number of aromatic hydroxyl groups is 1. The summed E-state index contributed by atoms with van der Waals surface area (Å²) in [6, 6.07) is 11.0. The molecule has 10 heteroatoms. The summed E-state index contributed by atoms with van der Waals surface area (Å²) in [7, 11) is -4.02. The van der Waals surface area contributed by atoms with Crippen molar-refractivity contribution in [1.82, 2.24) is 10.2 Å². The minimum atomic E-state index is -4.02. The van der Waals surface area contributed by atoms with E-state index >= 15 is 0 Å². The molecule has 3 atom stereocenters. The zero-order chi connectivity index (χ0) is 26.5. The second-order valence-electron chi connectivity index (χ2n) is 9.11. The summed E-state index contributed by atoms with van der Waals surface area (Å²) in [5.74, 6) is 1.06. The van der Waals surface area contributed by atoms with Crippen LogP contribution in [0.15, 0.2) is 41.3 Å². The van der Waals surface area contributed by atoms with Crippen LogP contribution in [0.5, 0.6) is 11.5 Å². The molecule has 2 aromatic rings. The van der Waals surface area contributed by atoms with Crippen LogP contribution in [0.4, 0.5) is 0 Å². The van der Waals surface area contributed by atoms with Crippen LogP contribution in [0.1, 0.15) is 48.8 Å². The van der Waals surface area contributed by atoms with E-state index in [1.54, 1.807) is 29.2 Å². The van der Waals surface area contributed by atoms with Crippen LogP contribution in [0.3, 0.4) is 0 Å². The molecule has 0 bridgehead atoms. The highest BCUT2D eigenvalue weighted by molar-refractivity contribution is 7.85. The van der Waals surface area contributed by atoms with Gasteiger partial charge in [-0.3, -0.25) is 9.35 Å². The minimum absolute atomic E-state index is 0.0286. The number of nitrogens with zero attached hydrogens (tertiary/aromatic N) is 2. The number of amides is 1. The standard InChI is InChI=1S/C19H25N3O3.C7H8O3S/c1-3-25-17-9-15(23)7-12(2)18(17)13-8-16(21-11-13)19(24)22-6-4-5-14(22)10-20;1-6-2-4-7(5-3-6)11(8,9)10/h7,9,13-14,16,21,23H,3-6,8,11H2,1-2H3;2-5H,1H3,(H,8,9,10)/t13-,14-,16-;/m0./s1. The first-order chi connectivity index (χ1) is 17.0. The number of phenolic OH excluding ortho intramolecular Hbond substituents is 1. The molecule has 2 saturated heterocycles. The molecule has 0 spiro atoms. The first kappa shape index (κ1) is 27.5. The van der Waals surface area contributed by atoms with E-state index in [-0.39, 0.29) is 34.6 Å². The molecule has 4 rings (SSSR count). The average molecular weight is 516 g/mol. The first-order valence-electron chi connectivity index (χ1n) is 12.0. The first-order valence-corrected chi connectivity index (χ1v) is 13.4. The molecule has 2 aromatic carbocycles. The fraction of sp³-hybridized carbons (Fsp3) is 0.462. The Morgan fingerprint density at radius 3 is 2.56 bits per heavy atom. The molecule has 36 heavy (non-hydrogen) atoms. The molecule has 0 unspecified atom stereocenters. The zero-order valence-electron chi connectivity index (χ0n) is 20.8. The Kier molecular flexibility index (Phi) is 8.95. The highest BCUT2D eigenvalue weighted by atomic mass is 32.2. The normalized spacial score (nSPS) is 21.4. The van der Waals surface area contributed by atoms with Crippen LogP contribution in [0.2, 0.25) is 0 Å². The molecular weight excluding hydrogens is 482 g/mol. The van der Waals surface area contributed by atoms with Gasteiger partial charge in [-0.05, 0) is 63.8 Å². The Hall–Kier alpha value is -3.13. The number of carbonyl (C=O) groups excluding carboxylic acids is 1. The van der Waals surface area contributed by atoms with Gasteiger partial charge in [0, 0.05) is 30.6 Å². The van der Waals surface area contributed by atoms with Gasteiger partial charge in [-0.1, -0.05) is 17.7 Å². The predicted octanol–water partition coefficient (Wildman–Crippen LogP) is 3.30. The predicted molar refractivity (Wildman–Crippen MR) is 135 cm³/mol. The Morgan fingerprint density at radius 2 is 1.94 bits per heavy atom. The van der Waals surface area contributed by atoms with Gasteiger partial charge in [-0.15, -0.1) is 0 Å². The van der Waals surface area contributed by atoms with Crippen molar-refractivity contribution in [2.45, 2.75) is 62.9 Å². The Morgan fingerprint density at radius 1 is 1.25 bits per heavy atom. The quantitative estimate of drug-likeness (QED) is 0.515. The van der Waals surface area contributed by atoms with E-state index in [0.717, 1.165) is 29.5 Å². The third kappa shape index (κ3) is 6.55. The maximum absolute atomic E-state index is 12.8. The maximum Gasteiger partial charge on any atom is 0.294 e. The number of nitrogens with one attached hydrogen (secondary N) is 1. The number of likely N-dealkylation sites (tertiary alicyclic amines) is 1. The van der Waals surface area contributed by atoms with Crippen LogP contribution < -0.4 is 10.1 Å². The third-order valence-corrected chi connectivity index (χ3v) is 7.34. The van der Waals surface area contributed by atoms with Crippen LogP contribution >= 0.6 is 0 Å². The van der Waals surface area contributed by atoms with Crippen LogP contribution in [-0.2, 0) is 14.9 Å². The van der Waals surface area contributed by atoms with Crippen molar-refractivity contribution in [3.05, 3.63) is 53.1 Å². The van der Waals surface area contributed by atoms with Crippen molar-refractivity contribution < 1.29 is 27.6 Å². The average Bonchev–Trinajstić information content (AvgIpc) is 3.48. The summed E-state index contributed by atoms with van der Waals surface area (Å²) in [6.07, 6.45) is 2.34. The lowest BCUT2D eigenvalue weighted by atomic mass is 9.91. The summed E-state index contributed by atoms with van der Waals surface area (Å²) in [5, 5.41) is 22.4. The summed E-state index contributed by atoms with van der Waals surface area (Å²) in [4.78, 5) is 14.4. The molecular formula is C26H33N3O6S. The number of nitriles is 1. The van der Waals surface area contributed by atoms with E-state index in [0.29, 0.717) is 31.9 Å². The maximum atomic E-state index is 12.8. The molecule has 2 aliphatic rings. The van der Waals surface area contributed by atoms with Gasteiger partial charge in [0.25, 0.3) is 10.1 Å². The molecule has 2 aliphatic heterocycles. The van der Waals surface area contributed by atoms with Gasteiger partial charge in [0.05, 0.1) is 23.6 Å². The zero-order valence-corrected chi connectivity index (χ0v) is 21.6. The second-order valence-corrected chi connectivity index (χ2v) is 10.5. The van der Waals surface area contributed by atoms with Crippen molar-refractivity contribution in [3.8, 4) is 17.6 Å². The van der Waals surface area contributed by atoms with E-state index < -0.39 is 10.1 Å². The van der Waals surface area contributed by atoms with Crippen LogP contribution in [0, 0.1) is 25.2 Å². The van der Waals surface area contributed by atoms with E-state index in [9.17, 15) is 23.6 Å². The van der Waals surface area contributed by atoms with Crippen LogP contribution in [0.25, 0.3) is 0 Å². The summed E-state index contributed by atoms with van der Waals surface area (Å²) in [5.41, 5.74) is 2.98. The molecule has 0 saturated carbocycles. The Bertz CT molecular complexity index is 1220. The van der Waals surface area contributed by atoms with E-state index in [1.165, 1.54) is 12.1 Å². The van der Waals surface area contributed by atoms with Crippen molar-refractivity contribution in [2.24, 2.45) is 0 Å². The Balaban J connectivity index is 0.000000275. The van der Waals surface area contributed by atoms with Gasteiger partial charge in [-0.25, -0.2) is 0 Å². The number of rotatable bonds is 5. The highest BCUT2D eigenvalue weighted by Gasteiger charge is 2.38. The number of benzene rings is 2. The molecule has 0 aromatic heterocycles. The summed E-state index contributed by atoms with van der Waals surface area (Å²) in [6.45, 7) is 7.59.